The second-order valence-corrected chi connectivity index (χ2v) is 3.26. The van der Waals surface area contributed by atoms with Gasteiger partial charge in [0.15, 0.2) is 5.78 Å². The molecule has 78 valence electrons. The third kappa shape index (κ3) is 3.00. The largest absolute Gasteiger partial charge is 0.380 e. The van der Waals surface area contributed by atoms with Crippen LogP contribution in [0.5, 0.6) is 0 Å². The lowest BCUT2D eigenvalue weighted by atomic mass is 10.3. The summed E-state index contributed by atoms with van der Waals surface area (Å²) >= 11 is 0. The summed E-state index contributed by atoms with van der Waals surface area (Å²) in [6, 6.07) is 3.72. The van der Waals surface area contributed by atoms with E-state index >= 15 is 0 Å². The molecule has 0 aromatic carbocycles. The van der Waals surface area contributed by atoms with Gasteiger partial charge in [-0.05, 0) is 18.6 Å². The second kappa shape index (κ2) is 5.60. The van der Waals surface area contributed by atoms with Crippen LogP contribution in [0.3, 0.4) is 0 Å². The molecule has 0 fully saturated rings. The first kappa shape index (κ1) is 11.0. The molecule has 0 atom stereocenters. The number of carbonyl (C=O) groups is 1. The van der Waals surface area contributed by atoms with Crippen molar-refractivity contribution in [2.75, 3.05) is 13.2 Å². The van der Waals surface area contributed by atoms with Gasteiger partial charge < -0.3 is 9.30 Å². The molecule has 0 aliphatic carbocycles. The molecule has 0 radical (unpaired) electrons. The Morgan fingerprint density at radius 3 is 2.93 bits per heavy atom. The van der Waals surface area contributed by atoms with Gasteiger partial charge in [-0.25, -0.2) is 0 Å². The summed E-state index contributed by atoms with van der Waals surface area (Å²) in [4.78, 5) is 11.2. The lowest BCUT2D eigenvalue weighted by molar-refractivity contribution is 0.0996. The van der Waals surface area contributed by atoms with Gasteiger partial charge in [-0.1, -0.05) is 6.92 Å². The highest BCUT2D eigenvalue weighted by Crippen LogP contribution is 2.03. The van der Waals surface area contributed by atoms with Crippen molar-refractivity contribution in [3.8, 4) is 0 Å². The van der Waals surface area contributed by atoms with E-state index in [1.54, 1.807) is 6.92 Å². The summed E-state index contributed by atoms with van der Waals surface area (Å²) in [7, 11) is 0. The first-order valence-electron chi connectivity index (χ1n) is 4.99. The van der Waals surface area contributed by atoms with Crippen molar-refractivity contribution in [2.24, 2.45) is 0 Å². The summed E-state index contributed by atoms with van der Waals surface area (Å²) in [6.45, 7) is 5.87. The molecule has 0 unspecified atom stereocenters. The lowest BCUT2D eigenvalue weighted by Gasteiger charge is -2.07. The Hall–Kier alpha value is -1.09. The van der Waals surface area contributed by atoms with Crippen LogP contribution in [0.1, 0.15) is 30.8 Å². The molecule has 1 heterocycles. The molecule has 0 amide bonds. The molecule has 1 aromatic rings. The van der Waals surface area contributed by atoms with E-state index < -0.39 is 0 Å². The Bertz CT molecular complexity index is 291. The minimum absolute atomic E-state index is 0.102. The molecule has 14 heavy (non-hydrogen) atoms. The number of hydrogen-bond donors (Lipinski definition) is 0. The Kier molecular flexibility index (Phi) is 4.40. The van der Waals surface area contributed by atoms with Gasteiger partial charge in [0.1, 0.15) is 0 Å². The average Bonchev–Trinajstić information content (AvgIpc) is 2.60. The number of carbonyl (C=O) groups excluding carboxylic acids is 1. The second-order valence-electron chi connectivity index (χ2n) is 3.26. The molecule has 0 aliphatic heterocycles. The van der Waals surface area contributed by atoms with E-state index in [2.05, 4.69) is 6.92 Å². The van der Waals surface area contributed by atoms with E-state index in [1.807, 2.05) is 22.9 Å². The zero-order chi connectivity index (χ0) is 10.4. The van der Waals surface area contributed by atoms with Gasteiger partial charge in [0.25, 0.3) is 0 Å². The molecule has 0 saturated heterocycles. The number of ketones is 1. The minimum Gasteiger partial charge on any atom is -0.380 e. The maximum atomic E-state index is 11.2. The van der Waals surface area contributed by atoms with E-state index in [9.17, 15) is 4.79 Å². The van der Waals surface area contributed by atoms with Crippen LogP contribution >= 0.6 is 0 Å². The van der Waals surface area contributed by atoms with Crippen molar-refractivity contribution in [1.82, 2.24) is 4.57 Å². The Morgan fingerprint density at radius 1 is 1.50 bits per heavy atom. The zero-order valence-corrected chi connectivity index (χ0v) is 8.82. The first-order valence-corrected chi connectivity index (χ1v) is 4.99. The summed E-state index contributed by atoms with van der Waals surface area (Å²) in [6.07, 6.45) is 2.94. The molecule has 3 nitrogen and oxygen atoms in total. The number of Topliss-reactive ketones (excluding diaryl/α,β-unsaturated/α-hetero) is 1. The van der Waals surface area contributed by atoms with Gasteiger partial charge in [-0.2, -0.15) is 0 Å². The van der Waals surface area contributed by atoms with Crippen LogP contribution in [-0.4, -0.2) is 23.6 Å². The first-order chi connectivity index (χ1) is 6.75. The predicted octanol–water partition coefficient (Wildman–Crippen LogP) is 2.12. The van der Waals surface area contributed by atoms with Gasteiger partial charge in [-0.15, -0.1) is 0 Å². The van der Waals surface area contributed by atoms with E-state index in [0.717, 1.165) is 25.3 Å². The van der Waals surface area contributed by atoms with E-state index in [4.69, 9.17) is 4.74 Å². The summed E-state index contributed by atoms with van der Waals surface area (Å²) < 4.78 is 7.29. The molecular weight excluding hydrogens is 178 g/mol. The van der Waals surface area contributed by atoms with Crippen LogP contribution in [0.25, 0.3) is 0 Å². The van der Waals surface area contributed by atoms with Crippen molar-refractivity contribution >= 4 is 5.78 Å². The minimum atomic E-state index is 0.102. The maximum absolute atomic E-state index is 11.2. The van der Waals surface area contributed by atoms with Crippen LogP contribution in [-0.2, 0) is 11.3 Å². The molecule has 1 aromatic heterocycles. The smallest absolute Gasteiger partial charge is 0.176 e. The van der Waals surface area contributed by atoms with Crippen LogP contribution in [0.2, 0.25) is 0 Å². The Balaban J connectivity index is 2.42. The fourth-order valence-electron chi connectivity index (χ4n) is 1.34. The van der Waals surface area contributed by atoms with Crippen molar-refractivity contribution < 1.29 is 9.53 Å². The van der Waals surface area contributed by atoms with Crippen LogP contribution in [0.4, 0.5) is 0 Å². The SMILES string of the molecule is CCCOCCn1cccc1C(C)=O. The van der Waals surface area contributed by atoms with Crippen LogP contribution in [0.15, 0.2) is 18.3 Å². The number of aromatic nitrogens is 1. The topological polar surface area (TPSA) is 31.2 Å². The normalized spacial score (nSPS) is 10.4. The van der Waals surface area contributed by atoms with E-state index in [0.29, 0.717) is 6.61 Å². The quantitative estimate of drug-likeness (QED) is 0.514. The molecule has 0 aliphatic rings. The van der Waals surface area contributed by atoms with E-state index in [1.165, 1.54) is 0 Å². The van der Waals surface area contributed by atoms with Crippen LogP contribution < -0.4 is 0 Å². The monoisotopic (exact) mass is 195 g/mol. The number of nitrogens with zero attached hydrogens (tertiary/aromatic N) is 1. The molecule has 0 bridgehead atoms. The molecule has 3 heteroatoms. The highest BCUT2D eigenvalue weighted by Gasteiger charge is 2.04. The molecule has 0 spiro atoms. The highest BCUT2D eigenvalue weighted by molar-refractivity contribution is 5.92. The van der Waals surface area contributed by atoms with Crippen molar-refractivity contribution in [3.05, 3.63) is 24.0 Å². The number of ether oxygens (including phenoxy) is 1. The van der Waals surface area contributed by atoms with Crippen molar-refractivity contribution in [1.29, 1.82) is 0 Å². The summed E-state index contributed by atoms with van der Waals surface area (Å²) in [5.74, 6) is 0.102. The van der Waals surface area contributed by atoms with Crippen molar-refractivity contribution in [3.63, 3.8) is 0 Å². The van der Waals surface area contributed by atoms with Gasteiger partial charge in [0, 0.05) is 26.3 Å². The third-order valence-electron chi connectivity index (χ3n) is 2.02. The molecule has 0 saturated carbocycles. The van der Waals surface area contributed by atoms with Gasteiger partial charge in [0.2, 0.25) is 0 Å². The standard InChI is InChI=1S/C11H17NO2/c1-3-8-14-9-7-12-6-4-5-11(12)10(2)13/h4-6H,3,7-9H2,1-2H3. The average molecular weight is 195 g/mol. The van der Waals surface area contributed by atoms with Gasteiger partial charge in [-0.3, -0.25) is 4.79 Å². The predicted molar refractivity (Wildman–Crippen MR) is 55.5 cm³/mol. The summed E-state index contributed by atoms with van der Waals surface area (Å²) in [5, 5.41) is 0. The van der Waals surface area contributed by atoms with Gasteiger partial charge >= 0.3 is 0 Å². The van der Waals surface area contributed by atoms with Crippen molar-refractivity contribution in [2.45, 2.75) is 26.8 Å². The molecule has 0 N–H and O–H groups in total. The highest BCUT2D eigenvalue weighted by atomic mass is 16.5. The van der Waals surface area contributed by atoms with Gasteiger partial charge in [0.05, 0.1) is 12.3 Å². The lowest BCUT2D eigenvalue weighted by Crippen LogP contribution is -2.10. The maximum Gasteiger partial charge on any atom is 0.176 e. The summed E-state index contributed by atoms with van der Waals surface area (Å²) in [5.41, 5.74) is 0.755. The van der Waals surface area contributed by atoms with Crippen LogP contribution in [0, 0.1) is 0 Å². The Labute approximate surface area is 84.7 Å². The fourth-order valence-corrected chi connectivity index (χ4v) is 1.34. The third-order valence-corrected chi connectivity index (χ3v) is 2.02. The van der Waals surface area contributed by atoms with E-state index in [-0.39, 0.29) is 5.78 Å². The molecule has 1 rings (SSSR count). The number of hydrogen-bond acceptors (Lipinski definition) is 2. The molecular formula is C11H17NO2. The Morgan fingerprint density at radius 2 is 2.29 bits per heavy atom. The zero-order valence-electron chi connectivity index (χ0n) is 8.82. The number of rotatable bonds is 6. The fraction of sp³-hybridized carbons (Fsp3) is 0.545.